The number of ether oxygens (including phenoxy) is 2. The van der Waals surface area contributed by atoms with Gasteiger partial charge >= 0.3 is 18.1 Å². The minimum atomic E-state index is -4.64. The molecule has 0 aliphatic carbocycles. The Labute approximate surface area is 124 Å². The molecule has 1 aromatic rings. The molecule has 0 atom stereocenters. The van der Waals surface area contributed by atoms with Crippen LogP contribution in [0.3, 0.4) is 0 Å². The minimum Gasteiger partial charge on any atom is -0.465 e. The van der Waals surface area contributed by atoms with Crippen LogP contribution in [0.4, 0.5) is 18.9 Å². The molecule has 1 aromatic heterocycles. The number of carbonyl (C=O) groups is 2. The van der Waals surface area contributed by atoms with E-state index in [9.17, 15) is 22.8 Å². The summed E-state index contributed by atoms with van der Waals surface area (Å²) in [7, 11) is 0. The molecular formula is C13H15F3N2O4. The van der Waals surface area contributed by atoms with E-state index in [-0.39, 0.29) is 18.9 Å². The van der Waals surface area contributed by atoms with Gasteiger partial charge in [0.2, 0.25) is 0 Å². The van der Waals surface area contributed by atoms with Gasteiger partial charge in [0, 0.05) is 6.20 Å². The Morgan fingerprint density at radius 3 is 2.09 bits per heavy atom. The normalized spacial score (nSPS) is 11.4. The molecule has 122 valence electrons. The lowest BCUT2D eigenvalue weighted by Crippen LogP contribution is -2.28. The van der Waals surface area contributed by atoms with Crippen LogP contribution >= 0.6 is 0 Å². The predicted octanol–water partition coefficient (Wildman–Crippen LogP) is 1.89. The summed E-state index contributed by atoms with van der Waals surface area (Å²) in [5.41, 5.74) is 3.65. The van der Waals surface area contributed by atoms with E-state index < -0.39 is 35.3 Å². The van der Waals surface area contributed by atoms with Gasteiger partial charge in [-0.15, -0.1) is 0 Å². The lowest BCUT2D eigenvalue weighted by molar-refractivity contribution is -0.157. The van der Waals surface area contributed by atoms with E-state index in [0.29, 0.717) is 12.3 Å². The van der Waals surface area contributed by atoms with Gasteiger partial charge < -0.3 is 15.2 Å². The van der Waals surface area contributed by atoms with Crippen LogP contribution in [0.5, 0.6) is 0 Å². The Hall–Kier alpha value is -2.32. The van der Waals surface area contributed by atoms with Crippen LogP contribution in [0.25, 0.3) is 0 Å². The largest absolute Gasteiger partial charge is 0.465 e. The molecule has 0 fully saturated rings. The molecule has 9 heteroatoms. The van der Waals surface area contributed by atoms with Crippen LogP contribution in [0.1, 0.15) is 31.0 Å². The van der Waals surface area contributed by atoms with E-state index in [1.54, 1.807) is 0 Å². The van der Waals surface area contributed by atoms with Crippen LogP contribution in [0.2, 0.25) is 0 Å². The first kappa shape index (κ1) is 17.7. The molecule has 22 heavy (non-hydrogen) atoms. The zero-order valence-electron chi connectivity index (χ0n) is 11.9. The fraction of sp³-hybridized carbons (Fsp3) is 0.462. The smallest absolute Gasteiger partial charge is 0.417 e. The second kappa shape index (κ2) is 7.10. The topological polar surface area (TPSA) is 91.5 Å². The number of nitrogen functional groups attached to an aromatic ring is 1. The molecule has 0 amide bonds. The molecule has 1 heterocycles. The fourth-order valence-electron chi connectivity index (χ4n) is 1.66. The molecule has 1 rings (SSSR count). The molecule has 0 aliphatic heterocycles. The lowest BCUT2D eigenvalue weighted by atomic mass is 10.0. The first-order chi connectivity index (χ1) is 10.2. The molecule has 6 nitrogen and oxygen atoms in total. The highest BCUT2D eigenvalue weighted by molar-refractivity contribution is 6.01. The molecule has 0 saturated heterocycles. The summed E-state index contributed by atoms with van der Waals surface area (Å²) >= 11 is 0. The van der Waals surface area contributed by atoms with Crippen molar-refractivity contribution in [3.8, 4) is 0 Å². The van der Waals surface area contributed by atoms with E-state index in [1.165, 1.54) is 13.8 Å². The van der Waals surface area contributed by atoms with Crippen LogP contribution in [-0.2, 0) is 25.2 Å². The summed E-state index contributed by atoms with van der Waals surface area (Å²) < 4.78 is 47.2. The Bertz CT molecular complexity index is 543. The maximum atomic E-state index is 12.6. The molecule has 0 unspecified atom stereocenters. The number of pyridine rings is 1. The van der Waals surface area contributed by atoms with Crippen LogP contribution < -0.4 is 5.73 Å². The third-order valence-electron chi connectivity index (χ3n) is 2.59. The van der Waals surface area contributed by atoms with Crippen LogP contribution in [-0.4, -0.2) is 30.1 Å². The number of hydrogen-bond donors (Lipinski definition) is 1. The highest BCUT2D eigenvalue weighted by Crippen LogP contribution is 2.32. The van der Waals surface area contributed by atoms with Crippen molar-refractivity contribution < 1.29 is 32.2 Å². The van der Waals surface area contributed by atoms with E-state index in [1.807, 2.05) is 0 Å². The third-order valence-corrected chi connectivity index (χ3v) is 2.59. The van der Waals surface area contributed by atoms with Crippen molar-refractivity contribution in [2.45, 2.75) is 25.9 Å². The summed E-state index contributed by atoms with van der Waals surface area (Å²) in [5.74, 6) is -3.60. The molecule has 0 bridgehead atoms. The summed E-state index contributed by atoms with van der Waals surface area (Å²) in [4.78, 5) is 27.2. The predicted molar refractivity (Wildman–Crippen MR) is 69.7 cm³/mol. The van der Waals surface area contributed by atoms with Crippen molar-refractivity contribution in [2.24, 2.45) is 0 Å². The van der Waals surface area contributed by atoms with Crippen molar-refractivity contribution in [1.29, 1.82) is 0 Å². The molecule has 0 spiro atoms. The van der Waals surface area contributed by atoms with Gasteiger partial charge in [-0.25, -0.2) is 0 Å². The van der Waals surface area contributed by atoms with Gasteiger partial charge in [-0.3, -0.25) is 14.6 Å². The van der Waals surface area contributed by atoms with Gasteiger partial charge in [0.05, 0.1) is 30.2 Å². The Morgan fingerprint density at radius 1 is 1.23 bits per heavy atom. The molecule has 0 aliphatic rings. The van der Waals surface area contributed by atoms with Crippen molar-refractivity contribution >= 4 is 17.6 Å². The Morgan fingerprint density at radius 2 is 1.73 bits per heavy atom. The maximum absolute atomic E-state index is 12.6. The van der Waals surface area contributed by atoms with Gasteiger partial charge in [-0.2, -0.15) is 13.2 Å². The van der Waals surface area contributed by atoms with E-state index in [2.05, 4.69) is 4.98 Å². The molecule has 2 N–H and O–H groups in total. The number of halogens is 3. The van der Waals surface area contributed by atoms with Crippen molar-refractivity contribution in [3.63, 3.8) is 0 Å². The zero-order chi connectivity index (χ0) is 16.9. The second-order valence-electron chi connectivity index (χ2n) is 4.13. The molecule has 0 aromatic carbocycles. The Balaban J connectivity index is 3.25. The number of hydrogen-bond acceptors (Lipinski definition) is 6. The second-order valence-corrected chi connectivity index (χ2v) is 4.13. The van der Waals surface area contributed by atoms with E-state index in [4.69, 9.17) is 15.2 Å². The number of rotatable bonds is 5. The van der Waals surface area contributed by atoms with Gasteiger partial charge in [-0.1, -0.05) is 0 Å². The highest BCUT2D eigenvalue weighted by Gasteiger charge is 2.37. The molecular weight excluding hydrogens is 305 g/mol. The van der Waals surface area contributed by atoms with Gasteiger partial charge in [0.25, 0.3) is 0 Å². The number of carbonyl (C=O) groups excluding carboxylic acids is 2. The minimum absolute atomic E-state index is 0.0186. The van der Waals surface area contributed by atoms with Crippen molar-refractivity contribution in [2.75, 3.05) is 18.9 Å². The number of nitrogens with two attached hydrogens (primary N) is 1. The maximum Gasteiger partial charge on any atom is 0.417 e. The number of aromatic nitrogens is 1. The average Bonchev–Trinajstić information content (AvgIpc) is 2.40. The first-order valence-electron chi connectivity index (χ1n) is 6.38. The van der Waals surface area contributed by atoms with Crippen LogP contribution in [0.15, 0.2) is 12.3 Å². The van der Waals surface area contributed by atoms with Gasteiger partial charge in [0.1, 0.15) is 0 Å². The van der Waals surface area contributed by atoms with Crippen molar-refractivity contribution in [3.05, 3.63) is 23.5 Å². The SMILES string of the molecule is CCOC(=O)C(C(=O)OCC)c1ncc(C(F)(F)F)cc1N. The average molecular weight is 320 g/mol. The quantitative estimate of drug-likeness (QED) is 0.658. The van der Waals surface area contributed by atoms with Crippen LogP contribution in [0, 0.1) is 0 Å². The number of nitrogens with zero attached hydrogens (tertiary/aromatic N) is 1. The molecule has 0 saturated carbocycles. The van der Waals surface area contributed by atoms with Gasteiger partial charge in [0.15, 0.2) is 5.92 Å². The summed E-state index contributed by atoms with van der Waals surface area (Å²) in [6.07, 6.45) is -4.14. The van der Waals surface area contributed by atoms with Gasteiger partial charge in [-0.05, 0) is 19.9 Å². The monoisotopic (exact) mass is 320 g/mol. The highest BCUT2D eigenvalue weighted by atomic mass is 19.4. The molecule has 0 radical (unpaired) electrons. The summed E-state index contributed by atoms with van der Waals surface area (Å²) in [5, 5.41) is 0. The summed E-state index contributed by atoms with van der Waals surface area (Å²) in [6, 6.07) is 0.605. The van der Waals surface area contributed by atoms with E-state index in [0.717, 1.165) is 0 Å². The zero-order valence-corrected chi connectivity index (χ0v) is 11.9. The first-order valence-corrected chi connectivity index (χ1v) is 6.38. The summed E-state index contributed by atoms with van der Waals surface area (Å²) in [6.45, 7) is 3.00. The lowest BCUT2D eigenvalue weighted by Gasteiger charge is -2.16. The fourth-order valence-corrected chi connectivity index (χ4v) is 1.66. The van der Waals surface area contributed by atoms with E-state index >= 15 is 0 Å². The number of esters is 2. The Kier molecular flexibility index (Phi) is 5.72. The van der Waals surface area contributed by atoms with Crippen molar-refractivity contribution in [1.82, 2.24) is 4.98 Å². The number of anilines is 1. The number of alkyl halides is 3. The third kappa shape index (κ3) is 4.09. The standard InChI is InChI=1S/C13H15F3N2O4/c1-3-21-11(19)9(12(20)22-4-2)10-8(17)5-7(6-18-10)13(14,15)16/h5-6,9H,3-4,17H2,1-2H3.